The number of azo groups is 1. The minimum absolute atomic E-state index is 0.123. The predicted molar refractivity (Wildman–Crippen MR) is 93.9 cm³/mol. The molecule has 0 fully saturated rings. The topological polar surface area (TPSA) is 93.3 Å². The second kappa shape index (κ2) is 8.39. The maximum atomic E-state index is 11.8. The second-order valence-corrected chi connectivity index (χ2v) is 5.27. The molecule has 0 saturated heterocycles. The summed E-state index contributed by atoms with van der Waals surface area (Å²) in [7, 11) is 0. The van der Waals surface area contributed by atoms with Crippen LogP contribution in [-0.2, 0) is 16.1 Å². The summed E-state index contributed by atoms with van der Waals surface area (Å²) in [5.74, 6) is -0.839. The van der Waals surface area contributed by atoms with Gasteiger partial charge < -0.3 is 9.25 Å². The molecule has 2 aromatic carbocycles. The molecule has 26 heavy (non-hydrogen) atoms. The Labute approximate surface area is 149 Å². The first kappa shape index (κ1) is 17.1. The van der Waals surface area contributed by atoms with Crippen molar-refractivity contribution < 1.29 is 18.8 Å². The summed E-state index contributed by atoms with van der Waals surface area (Å²) in [6.45, 7) is 0. The van der Waals surface area contributed by atoms with Crippen LogP contribution in [0.25, 0.3) is 0 Å². The highest BCUT2D eigenvalue weighted by Crippen LogP contribution is 2.17. The number of nitrogens with one attached hydrogen (secondary N) is 1. The zero-order valence-corrected chi connectivity index (χ0v) is 13.7. The SMILES string of the molecule is O=C(Cc1ccccc1)ONc1ccc(N=NC(=O)c2ccco2)cc1. The minimum atomic E-state index is -0.563. The van der Waals surface area contributed by atoms with E-state index in [0.29, 0.717) is 11.4 Å². The molecule has 0 aliphatic heterocycles. The van der Waals surface area contributed by atoms with Gasteiger partial charge >= 0.3 is 11.9 Å². The van der Waals surface area contributed by atoms with E-state index in [2.05, 4.69) is 15.7 Å². The van der Waals surface area contributed by atoms with Gasteiger partial charge in [0.05, 0.1) is 24.1 Å². The van der Waals surface area contributed by atoms with Gasteiger partial charge in [0.25, 0.3) is 0 Å². The first-order valence-corrected chi connectivity index (χ1v) is 7.80. The van der Waals surface area contributed by atoms with Crippen LogP contribution in [0.2, 0.25) is 0 Å². The number of hydrogen-bond acceptors (Lipinski definition) is 6. The molecular weight excluding hydrogens is 334 g/mol. The van der Waals surface area contributed by atoms with E-state index in [4.69, 9.17) is 9.25 Å². The highest BCUT2D eigenvalue weighted by molar-refractivity contribution is 5.91. The van der Waals surface area contributed by atoms with Crippen LogP contribution < -0.4 is 5.48 Å². The van der Waals surface area contributed by atoms with Gasteiger partial charge in [0.2, 0.25) is 0 Å². The molecule has 0 saturated carbocycles. The van der Waals surface area contributed by atoms with Gasteiger partial charge in [-0.1, -0.05) is 30.3 Å². The Morgan fingerprint density at radius 3 is 2.42 bits per heavy atom. The van der Waals surface area contributed by atoms with E-state index in [1.165, 1.54) is 12.3 Å². The quantitative estimate of drug-likeness (QED) is 0.528. The summed E-state index contributed by atoms with van der Waals surface area (Å²) in [5, 5.41) is 7.41. The Kier molecular flexibility index (Phi) is 5.51. The van der Waals surface area contributed by atoms with Gasteiger partial charge in [0.1, 0.15) is 0 Å². The molecule has 0 unspecified atom stereocenters. The molecule has 1 aromatic heterocycles. The molecule has 0 aliphatic carbocycles. The zero-order chi connectivity index (χ0) is 18.2. The Bertz CT molecular complexity index is 888. The zero-order valence-electron chi connectivity index (χ0n) is 13.7. The van der Waals surface area contributed by atoms with Crippen molar-refractivity contribution in [3.63, 3.8) is 0 Å². The number of amides is 1. The van der Waals surface area contributed by atoms with Crippen molar-refractivity contribution >= 4 is 23.3 Å². The largest absolute Gasteiger partial charge is 0.459 e. The number of hydrogen-bond donors (Lipinski definition) is 1. The van der Waals surface area contributed by atoms with Gasteiger partial charge in [0, 0.05) is 0 Å². The monoisotopic (exact) mass is 349 g/mol. The van der Waals surface area contributed by atoms with E-state index in [1.807, 2.05) is 30.3 Å². The number of benzene rings is 2. The fourth-order valence-corrected chi connectivity index (χ4v) is 2.06. The maximum absolute atomic E-state index is 11.8. The first-order valence-electron chi connectivity index (χ1n) is 7.80. The van der Waals surface area contributed by atoms with Crippen molar-refractivity contribution in [3.8, 4) is 0 Å². The normalized spacial score (nSPS) is 10.6. The second-order valence-electron chi connectivity index (χ2n) is 5.27. The third-order valence-corrected chi connectivity index (χ3v) is 3.33. The van der Waals surface area contributed by atoms with Crippen LogP contribution in [0.1, 0.15) is 16.1 Å². The Morgan fingerprint density at radius 2 is 1.73 bits per heavy atom. The van der Waals surface area contributed by atoms with Gasteiger partial charge in [-0.3, -0.25) is 4.79 Å². The van der Waals surface area contributed by atoms with Crippen LogP contribution >= 0.6 is 0 Å². The summed E-state index contributed by atoms with van der Waals surface area (Å²) in [6.07, 6.45) is 1.57. The highest BCUT2D eigenvalue weighted by Gasteiger charge is 2.07. The first-order chi connectivity index (χ1) is 12.7. The Hall–Kier alpha value is -3.74. The molecule has 0 spiro atoms. The van der Waals surface area contributed by atoms with Crippen LogP contribution in [0, 0.1) is 0 Å². The summed E-state index contributed by atoms with van der Waals surface area (Å²) >= 11 is 0. The highest BCUT2D eigenvalue weighted by atomic mass is 16.7. The van der Waals surface area contributed by atoms with Gasteiger partial charge in [-0.15, -0.1) is 10.2 Å². The molecule has 1 amide bonds. The summed E-state index contributed by atoms with van der Waals surface area (Å²) in [4.78, 5) is 28.4. The van der Waals surface area contributed by atoms with Crippen LogP contribution in [0.5, 0.6) is 0 Å². The van der Waals surface area contributed by atoms with Gasteiger partial charge in [-0.2, -0.15) is 0 Å². The van der Waals surface area contributed by atoms with E-state index in [9.17, 15) is 9.59 Å². The molecule has 0 radical (unpaired) electrons. The molecule has 0 aliphatic rings. The summed E-state index contributed by atoms with van der Waals surface area (Å²) in [5.41, 5.74) is 4.50. The number of nitrogens with zero attached hydrogens (tertiary/aromatic N) is 2. The molecule has 7 nitrogen and oxygen atoms in total. The summed E-state index contributed by atoms with van der Waals surface area (Å²) in [6, 6.07) is 19.0. The van der Waals surface area contributed by atoms with E-state index in [1.54, 1.807) is 30.3 Å². The average molecular weight is 349 g/mol. The Balaban J connectivity index is 1.50. The lowest BCUT2D eigenvalue weighted by Gasteiger charge is -2.06. The van der Waals surface area contributed by atoms with Crippen LogP contribution in [-0.4, -0.2) is 11.9 Å². The van der Waals surface area contributed by atoms with Crippen LogP contribution in [0.4, 0.5) is 11.4 Å². The van der Waals surface area contributed by atoms with Crippen LogP contribution in [0.3, 0.4) is 0 Å². The molecule has 0 atom stereocenters. The smallest absolute Gasteiger partial charge is 0.336 e. The molecule has 7 heteroatoms. The van der Waals surface area contributed by atoms with Crippen molar-refractivity contribution in [2.24, 2.45) is 10.2 Å². The number of carbonyl (C=O) groups excluding carboxylic acids is 2. The molecule has 1 heterocycles. The lowest BCUT2D eigenvalue weighted by molar-refractivity contribution is -0.139. The molecule has 3 rings (SSSR count). The molecule has 130 valence electrons. The molecule has 3 aromatic rings. The number of anilines is 1. The maximum Gasteiger partial charge on any atom is 0.336 e. The Morgan fingerprint density at radius 1 is 0.962 bits per heavy atom. The van der Waals surface area contributed by atoms with Gasteiger partial charge in [-0.25, -0.2) is 10.3 Å². The molecular formula is C19H15N3O4. The van der Waals surface area contributed by atoms with Crippen molar-refractivity contribution in [1.29, 1.82) is 0 Å². The van der Waals surface area contributed by atoms with Crippen molar-refractivity contribution in [2.45, 2.75) is 6.42 Å². The predicted octanol–water partition coefficient (Wildman–Crippen LogP) is 4.32. The van der Waals surface area contributed by atoms with Crippen molar-refractivity contribution in [3.05, 3.63) is 84.3 Å². The van der Waals surface area contributed by atoms with Gasteiger partial charge in [-0.05, 0) is 42.0 Å². The van der Waals surface area contributed by atoms with E-state index in [-0.39, 0.29) is 12.2 Å². The van der Waals surface area contributed by atoms with Crippen molar-refractivity contribution in [2.75, 3.05) is 5.48 Å². The van der Waals surface area contributed by atoms with Crippen LogP contribution in [0.15, 0.2) is 87.6 Å². The van der Waals surface area contributed by atoms with Crippen molar-refractivity contribution in [1.82, 2.24) is 0 Å². The fourth-order valence-electron chi connectivity index (χ4n) is 2.06. The van der Waals surface area contributed by atoms with Gasteiger partial charge in [0.15, 0.2) is 5.76 Å². The standard InChI is InChI=1S/C19H15N3O4/c23-18(13-14-5-2-1-3-6-14)26-22-16-10-8-15(9-11-16)20-21-19(24)17-7-4-12-25-17/h1-12,22H,13H2. The third kappa shape index (κ3) is 4.88. The minimum Gasteiger partial charge on any atom is -0.459 e. The third-order valence-electron chi connectivity index (χ3n) is 3.33. The van der Waals surface area contributed by atoms with E-state index in [0.717, 1.165) is 5.56 Å². The molecule has 1 N–H and O–H groups in total. The lowest BCUT2D eigenvalue weighted by Crippen LogP contribution is -2.12. The fraction of sp³-hybridized carbons (Fsp3) is 0.0526. The average Bonchev–Trinajstić information content (AvgIpc) is 3.21. The number of rotatable bonds is 6. The number of carbonyl (C=O) groups is 2. The van der Waals surface area contributed by atoms with E-state index >= 15 is 0 Å². The van der Waals surface area contributed by atoms with E-state index < -0.39 is 11.9 Å². The molecule has 0 bridgehead atoms. The lowest BCUT2D eigenvalue weighted by atomic mass is 10.2. The number of furan rings is 1. The summed E-state index contributed by atoms with van der Waals surface area (Å²) < 4.78 is 4.94.